The molecule has 0 radical (unpaired) electrons. The van der Waals surface area contributed by atoms with Gasteiger partial charge in [-0.1, -0.05) is 19.1 Å². The Labute approximate surface area is 136 Å². The van der Waals surface area contributed by atoms with E-state index in [0.29, 0.717) is 12.2 Å². The molecule has 16 heavy (non-hydrogen) atoms. The number of carboxylic acid groups (broad SMARTS) is 1. The van der Waals surface area contributed by atoms with Crippen molar-refractivity contribution in [1.82, 2.24) is 0 Å². The van der Waals surface area contributed by atoms with Gasteiger partial charge in [0.05, 0.1) is 18.1 Å². The van der Waals surface area contributed by atoms with E-state index in [2.05, 4.69) is 0 Å². The van der Waals surface area contributed by atoms with Gasteiger partial charge >= 0.3 is 57.4 Å². The number of carbonyl (C=O) groups excluding carboxylic acids is 2. The van der Waals surface area contributed by atoms with Crippen molar-refractivity contribution in [3.8, 4) is 0 Å². The second-order valence-corrected chi connectivity index (χ2v) is 3.00. The van der Waals surface area contributed by atoms with E-state index in [0.717, 1.165) is 6.42 Å². The van der Waals surface area contributed by atoms with Gasteiger partial charge in [0, 0.05) is 0 Å². The number of aromatic carboxylic acids is 1. The van der Waals surface area contributed by atoms with Crippen LogP contribution >= 0.6 is 0 Å². The van der Waals surface area contributed by atoms with Gasteiger partial charge in [-0.3, -0.25) is 0 Å². The minimum Gasteiger partial charge on any atom is -0.545 e. The van der Waals surface area contributed by atoms with E-state index in [1.54, 1.807) is 0 Å². The van der Waals surface area contributed by atoms with Gasteiger partial charge in [-0.05, 0) is 24.1 Å². The smallest absolute Gasteiger partial charge is 0.545 e. The van der Waals surface area contributed by atoms with E-state index in [1.165, 1.54) is 24.3 Å². The minimum absolute atomic E-state index is 0. The average Bonchev–Trinajstić information content (AvgIpc) is 2.26. The molecule has 0 heterocycles. The summed E-state index contributed by atoms with van der Waals surface area (Å²) in [6.45, 7) is 2.26. The normalized spacial score (nSPS) is 9.06. The fraction of sp³-hybridized carbons (Fsp3) is 0.273. The zero-order valence-corrected chi connectivity index (χ0v) is 12.5. The summed E-state index contributed by atoms with van der Waals surface area (Å²) in [4.78, 5) is 21.7. The fourth-order valence-corrected chi connectivity index (χ4v) is 1.02. The summed E-state index contributed by atoms with van der Waals surface area (Å²) in [5.74, 6) is -1.70. The maximum Gasteiger partial charge on any atom is 1.00 e. The molecule has 0 spiro atoms. The molecular weight excluding hydrogens is 235 g/mol. The van der Waals surface area contributed by atoms with Gasteiger partial charge in [0.25, 0.3) is 0 Å². The third-order valence-electron chi connectivity index (χ3n) is 1.79. The second kappa shape index (κ2) is 7.97. The zero-order valence-electron chi connectivity index (χ0n) is 9.36. The predicted octanol–water partition coefficient (Wildman–Crippen LogP) is -2.38. The summed E-state index contributed by atoms with van der Waals surface area (Å²) in [5.41, 5.74) is 0.385. The van der Waals surface area contributed by atoms with Crippen molar-refractivity contribution in [2.45, 2.75) is 13.3 Å². The molecule has 0 bridgehead atoms. The van der Waals surface area contributed by atoms with Crippen LogP contribution in [-0.2, 0) is 4.74 Å². The summed E-state index contributed by atoms with van der Waals surface area (Å²) in [6.07, 6.45) is 0.753. The van der Waals surface area contributed by atoms with Crippen molar-refractivity contribution < 1.29 is 70.8 Å². The van der Waals surface area contributed by atoms with Gasteiger partial charge in [-0.2, -0.15) is 0 Å². The minimum atomic E-state index is -1.26. The van der Waals surface area contributed by atoms with E-state index >= 15 is 0 Å². The zero-order chi connectivity index (χ0) is 11.3. The molecule has 1 rings (SSSR count). The first-order valence-electron chi connectivity index (χ1n) is 4.63. The van der Waals surface area contributed by atoms with E-state index in [1.807, 2.05) is 6.92 Å². The quantitative estimate of drug-likeness (QED) is 0.439. The topological polar surface area (TPSA) is 66.4 Å². The molecule has 5 heteroatoms. The van der Waals surface area contributed by atoms with Crippen LogP contribution in [0.4, 0.5) is 0 Å². The number of carboxylic acids is 1. The van der Waals surface area contributed by atoms with Crippen molar-refractivity contribution >= 4 is 11.9 Å². The van der Waals surface area contributed by atoms with Crippen LogP contribution < -0.4 is 56.5 Å². The Bertz CT molecular complexity index is 359. The van der Waals surface area contributed by atoms with Gasteiger partial charge in [0.2, 0.25) is 0 Å². The maximum atomic E-state index is 11.3. The summed E-state index contributed by atoms with van der Waals surface area (Å²) in [5, 5.41) is 10.4. The Balaban J connectivity index is 0.00000225. The maximum absolute atomic E-state index is 11.3. The van der Waals surface area contributed by atoms with Crippen molar-refractivity contribution in [2.24, 2.45) is 0 Å². The first kappa shape index (κ1) is 15.8. The fourth-order valence-electron chi connectivity index (χ4n) is 1.02. The number of hydrogen-bond donors (Lipinski definition) is 0. The summed E-state index contributed by atoms with van der Waals surface area (Å²) in [7, 11) is 0. The first-order valence-corrected chi connectivity index (χ1v) is 4.63. The standard InChI is InChI=1S/C11H12O4.K/c1-2-7-15-11(14)9-5-3-8(4-6-9)10(12)13;/h3-6H,2,7H2,1H3,(H,12,13);/q;+1/p-1. The van der Waals surface area contributed by atoms with E-state index in [-0.39, 0.29) is 56.9 Å². The van der Waals surface area contributed by atoms with Gasteiger partial charge in [0.1, 0.15) is 0 Å². The van der Waals surface area contributed by atoms with Crippen LogP contribution in [0, 0.1) is 0 Å². The molecule has 0 atom stereocenters. The Morgan fingerprint density at radius 2 is 1.69 bits per heavy atom. The monoisotopic (exact) mass is 246 g/mol. The molecule has 80 valence electrons. The third-order valence-corrected chi connectivity index (χ3v) is 1.79. The van der Waals surface area contributed by atoms with Crippen molar-refractivity contribution in [3.05, 3.63) is 35.4 Å². The van der Waals surface area contributed by atoms with Crippen molar-refractivity contribution in [1.29, 1.82) is 0 Å². The molecule has 0 fully saturated rings. The molecule has 1 aromatic rings. The van der Waals surface area contributed by atoms with Crippen LogP contribution in [0.1, 0.15) is 34.1 Å². The van der Waals surface area contributed by atoms with Gasteiger partial charge < -0.3 is 14.6 Å². The summed E-state index contributed by atoms with van der Waals surface area (Å²) in [6, 6.07) is 5.45. The number of ether oxygens (including phenoxy) is 1. The van der Waals surface area contributed by atoms with Gasteiger partial charge in [0.15, 0.2) is 0 Å². The molecule has 0 aromatic heterocycles. The Morgan fingerprint density at radius 3 is 2.12 bits per heavy atom. The van der Waals surface area contributed by atoms with Crippen LogP contribution in [0.15, 0.2) is 24.3 Å². The van der Waals surface area contributed by atoms with Crippen LogP contribution in [-0.4, -0.2) is 18.5 Å². The van der Waals surface area contributed by atoms with Crippen LogP contribution in [0.5, 0.6) is 0 Å². The molecule has 0 saturated heterocycles. The molecular formula is C11H11KO4. The van der Waals surface area contributed by atoms with Crippen LogP contribution in [0.3, 0.4) is 0 Å². The van der Waals surface area contributed by atoms with Crippen molar-refractivity contribution in [3.63, 3.8) is 0 Å². The van der Waals surface area contributed by atoms with E-state index in [4.69, 9.17) is 4.74 Å². The molecule has 0 unspecified atom stereocenters. The number of hydrogen-bond acceptors (Lipinski definition) is 4. The largest absolute Gasteiger partial charge is 1.00 e. The molecule has 1 aromatic carbocycles. The number of benzene rings is 1. The first-order chi connectivity index (χ1) is 7.15. The Morgan fingerprint density at radius 1 is 1.19 bits per heavy atom. The average molecular weight is 246 g/mol. The molecule has 0 aliphatic rings. The van der Waals surface area contributed by atoms with Crippen molar-refractivity contribution in [2.75, 3.05) is 6.61 Å². The van der Waals surface area contributed by atoms with Crippen LogP contribution in [0.25, 0.3) is 0 Å². The predicted molar refractivity (Wildman–Crippen MR) is 51.3 cm³/mol. The Kier molecular flexibility index (Phi) is 7.87. The van der Waals surface area contributed by atoms with E-state index in [9.17, 15) is 14.7 Å². The summed E-state index contributed by atoms with van der Waals surface area (Å²) < 4.78 is 4.88. The SMILES string of the molecule is CCCOC(=O)c1ccc(C(=O)[O-])cc1.[K+]. The number of rotatable bonds is 4. The Hall–Kier alpha value is -0.204. The third kappa shape index (κ3) is 4.76. The molecule has 0 amide bonds. The summed E-state index contributed by atoms with van der Waals surface area (Å²) >= 11 is 0. The van der Waals surface area contributed by atoms with Gasteiger partial charge in [-0.25, -0.2) is 4.79 Å². The van der Waals surface area contributed by atoms with Crippen LogP contribution in [0.2, 0.25) is 0 Å². The second-order valence-electron chi connectivity index (χ2n) is 3.00. The number of esters is 1. The molecule has 0 aliphatic carbocycles. The molecule has 0 saturated carbocycles. The molecule has 0 aliphatic heterocycles. The number of carbonyl (C=O) groups is 2. The van der Waals surface area contributed by atoms with Gasteiger partial charge in [-0.15, -0.1) is 0 Å². The molecule has 0 N–H and O–H groups in total. The van der Waals surface area contributed by atoms with E-state index < -0.39 is 11.9 Å². The molecule has 4 nitrogen and oxygen atoms in total.